The van der Waals surface area contributed by atoms with Crippen LogP contribution in [0.1, 0.15) is 11.1 Å². The Kier molecular flexibility index (Phi) is 4.75. The van der Waals surface area contributed by atoms with E-state index < -0.39 is 5.82 Å². The van der Waals surface area contributed by atoms with Crippen molar-refractivity contribution in [1.82, 2.24) is 0 Å². The number of anilines is 1. The van der Waals surface area contributed by atoms with Crippen molar-refractivity contribution in [2.75, 3.05) is 19.0 Å². The molecule has 0 aliphatic heterocycles. The standard InChI is InChI=1S/C16H17FN2OS/c1-19(2)12-4-3-5-13(9-12)20-10-11-6-7-15(17)14(8-11)16(18)21/h3-9H,10H2,1-2H3,(H2,18,21). The van der Waals surface area contributed by atoms with Crippen molar-refractivity contribution in [3.63, 3.8) is 0 Å². The second kappa shape index (κ2) is 6.54. The molecule has 0 fully saturated rings. The van der Waals surface area contributed by atoms with Crippen LogP contribution in [-0.2, 0) is 6.61 Å². The molecule has 2 aromatic rings. The van der Waals surface area contributed by atoms with Crippen molar-refractivity contribution in [1.29, 1.82) is 0 Å². The van der Waals surface area contributed by atoms with Gasteiger partial charge < -0.3 is 15.4 Å². The number of hydrogen-bond acceptors (Lipinski definition) is 3. The van der Waals surface area contributed by atoms with Crippen molar-refractivity contribution < 1.29 is 9.13 Å². The summed E-state index contributed by atoms with van der Waals surface area (Å²) in [4.78, 5) is 2.04. The van der Waals surface area contributed by atoms with E-state index in [4.69, 9.17) is 22.7 Å². The quantitative estimate of drug-likeness (QED) is 0.862. The zero-order valence-electron chi connectivity index (χ0n) is 12.0. The smallest absolute Gasteiger partial charge is 0.133 e. The molecule has 0 aliphatic carbocycles. The van der Waals surface area contributed by atoms with Gasteiger partial charge in [-0.2, -0.15) is 0 Å². The normalized spacial score (nSPS) is 10.2. The Morgan fingerprint density at radius 1 is 1.24 bits per heavy atom. The summed E-state index contributed by atoms with van der Waals surface area (Å²) in [6.07, 6.45) is 0. The molecule has 0 saturated heterocycles. The summed E-state index contributed by atoms with van der Waals surface area (Å²) in [6.45, 7) is 0.326. The highest BCUT2D eigenvalue weighted by Crippen LogP contribution is 2.20. The summed E-state index contributed by atoms with van der Waals surface area (Å²) < 4.78 is 19.2. The number of nitrogens with zero attached hydrogens (tertiary/aromatic N) is 1. The van der Waals surface area contributed by atoms with Gasteiger partial charge in [0.25, 0.3) is 0 Å². The third kappa shape index (κ3) is 3.92. The predicted molar refractivity (Wildman–Crippen MR) is 87.4 cm³/mol. The van der Waals surface area contributed by atoms with Crippen LogP contribution in [0, 0.1) is 5.82 Å². The van der Waals surface area contributed by atoms with Crippen LogP contribution < -0.4 is 15.4 Å². The molecule has 0 saturated carbocycles. The largest absolute Gasteiger partial charge is 0.489 e. The summed E-state index contributed by atoms with van der Waals surface area (Å²) >= 11 is 4.82. The molecule has 2 N–H and O–H groups in total. The lowest BCUT2D eigenvalue weighted by molar-refractivity contribution is 0.306. The summed E-state index contributed by atoms with van der Waals surface area (Å²) in [7, 11) is 3.93. The zero-order valence-corrected chi connectivity index (χ0v) is 12.8. The molecule has 0 aromatic heterocycles. The van der Waals surface area contributed by atoms with Gasteiger partial charge in [-0.1, -0.05) is 24.4 Å². The Balaban J connectivity index is 2.11. The van der Waals surface area contributed by atoms with Crippen LogP contribution in [0.4, 0.5) is 10.1 Å². The lowest BCUT2D eigenvalue weighted by Crippen LogP contribution is -2.12. The average Bonchev–Trinajstić information content (AvgIpc) is 2.46. The number of hydrogen-bond donors (Lipinski definition) is 1. The van der Waals surface area contributed by atoms with Gasteiger partial charge in [-0.3, -0.25) is 0 Å². The van der Waals surface area contributed by atoms with Crippen molar-refractivity contribution in [2.24, 2.45) is 5.73 Å². The molecule has 21 heavy (non-hydrogen) atoms. The highest BCUT2D eigenvalue weighted by Gasteiger charge is 2.07. The molecule has 0 spiro atoms. The third-order valence-electron chi connectivity index (χ3n) is 3.04. The maximum absolute atomic E-state index is 13.5. The van der Waals surface area contributed by atoms with Crippen molar-refractivity contribution in [3.05, 3.63) is 59.4 Å². The second-order valence-corrected chi connectivity index (χ2v) is 5.30. The van der Waals surface area contributed by atoms with Gasteiger partial charge in [0.2, 0.25) is 0 Å². The van der Waals surface area contributed by atoms with Crippen LogP contribution in [0.3, 0.4) is 0 Å². The van der Waals surface area contributed by atoms with E-state index in [0.717, 1.165) is 17.0 Å². The molecule has 0 radical (unpaired) electrons. The van der Waals surface area contributed by atoms with Gasteiger partial charge in [0.15, 0.2) is 0 Å². The number of thiocarbonyl (C=S) groups is 1. The van der Waals surface area contributed by atoms with Crippen LogP contribution in [-0.4, -0.2) is 19.1 Å². The van der Waals surface area contributed by atoms with E-state index in [1.807, 2.05) is 43.3 Å². The first-order chi connectivity index (χ1) is 9.97. The van der Waals surface area contributed by atoms with E-state index in [1.54, 1.807) is 12.1 Å². The van der Waals surface area contributed by atoms with Gasteiger partial charge in [-0.25, -0.2) is 4.39 Å². The van der Waals surface area contributed by atoms with E-state index in [-0.39, 0.29) is 10.6 Å². The van der Waals surface area contributed by atoms with Gasteiger partial charge in [-0.05, 0) is 29.8 Å². The van der Waals surface area contributed by atoms with Crippen LogP contribution >= 0.6 is 12.2 Å². The summed E-state index contributed by atoms with van der Waals surface area (Å²) in [5.74, 6) is 0.336. The molecular weight excluding hydrogens is 287 g/mol. The summed E-state index contributed by atoms with van der Waals surface area (Å²) in [5, 5.41) is 0. The number of nitrogens with two attached hydrogens (primary N) is 1. The van der Waals surface area contributed by atoms with E-state index in [0.29, 0.717) is 6.61 Å². The van der Waals surface area contributed by atoms with E-state index in [9.17, 15) is 4.39 Å². The fraction of sp³-hybridized carbons (Fsp3) is 0.188. The topological polar surface area (TPSA) is 38.5 Å². The number of ether oxygens (including phenoxy) is 1. The monoisotopic (exact) mass is 304 g/mol. The molecule has 2 aromatic carbocycles. The molecule has 2 rings (SSSR count). The van der Waals surface area contributed by atoms with Gasteiger partial charge in [0.1, 0.15) is 23.2 Å². The molecule has 0 amide bonds. The average molecular weight is 304 g/mol. The molecule has 0 bridgehead atoms. The number of rotatable bonds is 5. The van der Waals surface area contributed by atoms with E-state index in [2.05, 4.69) is 0 Å². The first-order valence-corrected chi connectivity index (χ1v) is 6.86. The Morgan fingerprint density at radius 3 is 2.67 bits per heavy atom. The predicted octanol–water partition coefficient (Wildman–Crippen LogP) is 3.10. The summed E-state index contributed by atoms with van der Waals surface area (Å²) in [6, 6.07) is 12.4. The van der Waals surface area contributed by atoms with Crippen LogP contribution in [0.25, 0.3) is 0 Å². The maximum Gasteiger partial charge on any atom is 0.133 e. The highest BCUT2D eigenvalue weighted by molar-refractivity contribution is 7.80. The fourth-order valence-electron chi connectivity index (χ4n) is 1.87. The zero-order chi connectivity index (χ0) is 15.4. The van der Waals surface area contributed by atoms with Gasteiger partial charge in [0.05, 0.1) is 0 Å². The number of halogens is 1. The summed E-state index contributed by atoms with van der Waals surface area (Å²) in [5.41, 5.74) is 7.60. The highest BCUT2D eigenvalue weighted by atomic mass is 32.1. The van der Waals surface area contributed by atoms with Crippen LogP contribution in [0.15, 0.2) is 42.5 Å². The maximum atomic E-state index is 13.5. The minimum absolute atomic E-state index is 0.0453. The van der Waals surface area contributed by atoms with Crippen molar-refractivity contribution >= 4 is 22.9 Å². The molecule has 110 valence electrons. The Morgan fingerprint density at radius 2 is 2.00 bits per heavy atom. The lowest BCUT2D eigenvalue weighted by Gasteiger charge is -2.14. The Hall–Kier alpha value is -2.14. The van der Waals surface area contributed by atoms with Gasteiger partial charge in [-0.15, -0.1) is 0 Å². The second-order valence-electron chi connectivity index (χ2n) is 4.86. The van der Waals surface area contributed by atoms with Crippen molar-refractivity contribution in [2.45, 2.75) is 6.61 Å². The molecular formula is C16H17FN2OS. The van der Waals surface area contributed by atoms with E-state index >= 15 is 0 Å². The molecule has 5 heteroatoms. The van der Waals surface area contributed by atoms with Gasteiger partial charge in [0, 0.05) is 31.4 Å². The van der Waals surface area contributed by atoms with Gasteiger partial charge >= 0.3 is 0 Å². The third-order valence-corrected chi connectivity index (χ3v) is 3.26. The Labute approximate surface area is 129 Å². The molecule has 0 aliphatic rings. The Bertz CT molecular complexity index is 658. The minimum atomic E-state index is -0.416. The minimum Gasteiger partial charge on any atom is -0.489 e. The van der Waals surface area contributed by atoms with Crippen molar-refractivity contribution in [3.8, 4) is 5.75 Å². The first kappa shape index (κ1) is 15.3. The van der Waals surface area contributed by atoms with Crippen LogP contribution in [0.2, 0.25) is 0 Å². The van der Waals surface area contributed by atoms with Crippen LogP contribution in [0.5, 0.6) is 5.75 Å². The fourth-order valence-corrected chi connectivity index (χ4v) is 2.03. The molecule has 3 nitrogen and oxygen atoms in total. The molecule has 0 unspecified atom stereocenters. The number of benzene rings is 2. The van der Waals surface area contributed by atoms with E-state index in [1.165, 1.54) is 6.07 Å². The molecule has 0 heterocycles. The first-order valence-electron chi connectivity index (χ1n) is 6.46. The lowest BCUT2D eigenvalue weighted by atomic mass is 10.1. The SMILES string of the molecule is CN(C)c1cccc(OCc2ccc(F)c(C(N)=S)c2)c1. The molecule has 0 atom stereocenters.